The molecule has 6 heteroatoms. The summed E-state index contributed by atoms with van der Waals surface area (Å²) in [6.45, 7) is 0.386. The third kappa shape index (κ3) is 3.01. The van der Waals surface area contributed by atoms with Gasteiger partial charge in [-0.25, -0.2) is 4.79 Å². The van der Waals surface area contributed by atoms with E-state index in [0.717, 1.165) is 5.56 Å². The van der Waals surface area contributed by atoms with Crippen LogP contribution in [0.1, 0.15) is 15.9 Å². The van der Waals surface area contributed by atoms with E-state index in [4.69, 9.17) is 18.9 Å². The first-order valence-electron chi connectivity index (χ1n) is 6.56. The smallest absolute Gasteiger partial charge is 0.338 e. The van der Waals surface area contributed by atoms with Crippen LogP contribution in [0.25, 0.3) is 0 Å². The predicted octanol–water partition coefficient (Wildman–Crippen LogP) is 3.54. The summed E-state index contributed by atoms with van der Waals surface area (Å²) >= 11 is 3.34. The molecule has 0 fully saturated rings. The summed E-state index contributed by atoms with van der Waals surface area (Å²) in [5.74, 6) is 1.63. The van der Waals surface area contributed by atoms with Gasteiger partial charge in [0.1, 0.15) is 12.4 Å². The highest BCUT2D eigenvalue weighted by Crippen LogP contribution is 2.32. The van der Waals surface area contributed by atoms with Crippen molar-refractivity contribution in [2.45, 2.75) is 6.61 Å². The summed E-state index contributed by atoms with van der Waals surface area (Å²) in [5, 5.41) is 0. The molecule has 0 radical (unpaired) electrons. The molecular weight excluding hydrogens is 352 g/mol. The fourth-order valence-electron chi connectivity index (χ4n) is 2.06. The van der Waals surface area contributed by atoms with Crippen molar-refractivity contribution in [3.05, 3.63) is 52.0 Å². The lowest BCUT2D eigenvalue weighted by atomic mass is 10.2. The molecule has 0 amide bonds. The van der Waals surface area contributed by atoms with Crippen molar-refractivity contribution < 1.29 is 23.7 Å². The van der Waals surface area contributed by atoms with Crippen LogP contribution in [-0.4, -0.2) is 19.9 Å². The maximum atomic E-state index is 12.1. The Morgan fingerprint density at radius 1 is 1.18 bits per heavy atom. The number of benzene rings is 2. The van der Waals surface area contributed by atoms with Gasteiger partial charge >= 0.3 is 5.97 Å². The Labute approximate surface area is 135 Å². The van der Waals surface area contributed by atoms with Gasteiger partial charge in [-0.15, -0.1) is 0 Å². The van der Waals surface area contributed by atoms with Crippen LogP contribution in [0.2, 0.25) is 0 Å². The van der Waals surface area contributed by atoms with E-state index in [2.05, 4.69) is 15.9 Å². The monoisotopic (exact) mass is 364 g/mol. The zero-order valence-corrected chi connectivity index (χ0v) is 13.4. The van der Waals surface area contributed by atoms with Gasteiger partial charge in [0, 0.05) is 0 Å². The average molecular weight is 365 g/mol. The third-order valence-electron chi connectivity index (χ3n) is 3.19. The van der Waals surface area contributed by atoms with Gasteiger partial charge in [-0.3, -0.25) is 0 Å². The molecule has 3 rings (SSSR count). The minimum Gasteiger partial charge on any atom is -0.496 e. The van der Waals surface area contributed by atoms with Crippen molar-refractivity contribution in [1.29, 1.82) is 0 Å². The normalized spacial score (nSPS) is 12.1. The minimum absolute atomic E-state index is 0.166. The number of fused-ring (bicyclic) bond motifs is 1. The van der Waals surface area contributed by atoms with Gasteiger partial charge in [-0.05, 0) is 51.8 Å². The maximum absolute atomic E-state index is 12.1. The van der Waals surface area contributed by atoms with Crippen LogP contribution in [-0.2, 0) is 11.3 Å². The standard InChI is InChI=1S/C16H13BrO5/c1-19-13-5-3-11(7-12(13)17)16(18)20-8-10-2-4-14-15(6-10)22-9-21-14/h2-7H,8-9H2,1H3. The maximum Gasteiger partial charge on any atom is 0.338 e. The van der Waals surface area contributed by atoms with Crippen molar-refractivity contribution >= 4 is 21.9 Å². The second-order valence-corrected chi connectivity index (χ2v) is 5.47. The molecule has 0 aromatic heterocycles. The topological polar surface area (TPSA) is 54.0 Å². The summed E-state index contributed by atoms with van der Waals surface area (Å²) in [5.41, 5.74) is 1.29. The molecular formula is C16H13BrO5. The number of hydrogen-bond acceptors (Lipinski definition) is 5. The van der Waals surface area contributed by atoms with Crippen LogP contribution >= 0.6 is 15.9 Å². The highest BCUT2D eigenvalue weighted by Gasteiger charge is 2.15. The minimum atomic E-state index is -0.402. The van der Waals surface area contributed by atoms with Gasteiger partial charge in [0.15, 0.2) is 11.5 Å². The Kier molecular flexibility index (Phi) is 4.20. The van der Waals surface area contributed by atoms with E-state index in [1.165, 1.54) is 0 Å². The van der Waals surface area contributed by atoms with Gasteiger partial charge in [0.2, 0.25) is 6.79 Å². The molecule has 0 saturated heterocycles. The van der Waals surface area contributed by atoms with E-state index in [1.807, 2.05) is 6.07 Å². The van der Waals surface area contributed by atoms with Crippen LogP contribution in [0, 0.1) is 0 Å². The Balaban J connectivity index is 1.66. The van der Waals surface area contributed by atoms with E-state index >= 15 is 0 Å². The number of rotatable bonds is 4. The average Bonchev–Trinajstić information content (AvgIpc) is 3.00. The summed E-state index contributed by atoms with van der Waals surface area (Å²) in [7, 11) is 1.57. The molecule has 5 nitrogen and oxygen atoms in total. The predicted molar refractivity (Wildman–Crippen MR) is 82.4 cm³/mol. The second-order valence-electron chi connectivity index (χ2n) is 4.61. The molecule has 1 aliphatic rings. The summed E-state index contributed by atoms with van der Waals surface area (Å²) < 4.78 is 21.7. The molecule has 2 aromatic carbocycles. The van der Waals surface area contributed by atoms with E-state index in [1.54, 1.807) is 37.4 Å². The molecule has 22 heavy (non-hydrogen) atoms. The first-order chi connectivity index (χ1) is 10.7. The number of ether oxygens (including phenoxy) is 4. The first-order valence-corrected chi connectivity index (χ1v) is 7.36. The summed E-state index contributed by atoms with van der Waals surface area (Å²) in [6.07, 6.45) is 0. The molecule has 0 unspecified atom stereocenters. The second kappa shape index (κ2) is 6.27. The molecule has 0 saturated carbocycles. The Morgan fingerprint density at radius 2 is 2.00 bits per heavy atom. The molecule has 114 valence electrons. The largest absolute Gasteiger partial charge is 0.496 e. The zero-order valence-electron chi connectivity index (χ0n) is 11.8. The molecule has 2 aromatic rings. The molecule has 1 aliphatic heterocycles. The third-order valence-corrected chi connectivity index (χ3v) is 3.81. The van der Waals surface area contributed by atoms with Crippen molar-refractivity contribution in [3.63, 3.8) is 0 Å². The molecule has 0 bridgehead atoms. The molecule has 1 heterocycles. The van der Waals surface area contributed by atoms with E-state index in [9.17, 15) is 4.79 Å². The van der Waals surface area contributed by atoms with Crippen molar-refractivity contribution in [3.8, 4) is 17.2 Å². The van der Waals surface area contributed by atoms with Crippen molar-refractivity contribution in [2.24, 2.45) is 0 Å². The number of halogens is 1. The number of hydrogen-bond donors (Lipinski definition) is 0. The van der Waals surface area contributed by atoms with Crippen LogP contribution in [0.3, 0.4) is 0 Å². The molecule has 0 spiro atoms. The van der Waals surface area contributed by atoms with Crippen molar-refractivity contribution in [1.82, 2.24) is 0 Å². The fraction of sp³-hybridized carbons (Fsp3) is 0.188. The highest BCUT2D eigenvalue weighted by molar-refractivity contribution is 9.10. The van der Waals surface area contributed by atoms with Crippen molar-refractivity contribution in [2.75, 3.05) is 13.9 Å². The Hall–Kier alpha value is -2.21. The Bertz CT molecular complexity index is 714. The molecule has 0 atom stereocenters. The number of carbonyl (C=O) groups excluding carboxylic acids is 1. The lowest BCUT2D eigenvalue weighted by molar-refractivity contribution is 0.0472. The lowest BCUT2D eigenvalue weighted by Crippen LogP contribution is -2.05. The van der Waals surface area contributed by atoms with E-state index < -0.39 is 5.97 Å². The lowest BCUT2D eigenvalue weighted by Gasteiger charge is -2.08. The SMILES string of the molecule is COc1ccc(C(=O)OCc2ccc3c(c2)OCO3)cc1Br. The van der Waals surface area contributed by atoms with Crippen LogP contribution in [0.5, 0.6) is 17.2 Å². The van der Waals surface area contributed by atoms with Gasteiger partial charge in [0.05, 0.1) is 17.1 Å². The molecule has 0 N–H and O–H groups in total. The quantitative estimate of drug-likeness (QED) is 0.776. The van der Waals surface area contributed by atoms with Gasteiger partial charge in [0.25, 0.3) is 0 Å². The van der Waals surface area contributed by atoms with Gasteiger partial charge in [-0.2, -0.15) is 0 Å². The van der Waals surface area contributed by atoms with Crippen LogP contribution in [0.4, 0.5) is 0 Å². The number of methoxy groups -OCH3 is 1. The van der Waals surface area contributed by atoms with E-state index in [0.29, 0.717) is 27.3 Å². The number of carbonyl (C=O) groups is 1. The van der Waals surface area contributed by atoms with Crippen LogP contribution < -0.4 is 14.2 Å². The summed E-state index contributed by atoms with van der Waals surface area (Å²) in [4.78, 5) is 12.1. The summed E-state index contributed by atoms with van der Waals surface area (Å²) in [6, 6.07) is 10.5. The molecule has 0 aliphatic carbocycles. The highest BCUT2D eigenvalue weighted by atomic mass is 79.9. The zero-order chi connectivity index (χ0) is 15.5. The van der Waals surface area contributed by atoms with Gasteiger partial charge in [-0.1, -0.05) is 6.07 Å². The van der Waals surface area contributed by atoms with E-state index in [-0.39, 0.29) is 13.4 Å². The Morgan fingerprint density at radius 3 is 2.77 bits per heavy atom. The van der Waals surface area contributed by atoms with Gasteiger partial charge < -0.3 is 18.9 Å². The first kappa shape index (κ1) is 14.7. The fourth-order valence-corrected chi connectivity index (χ4v) is 2.60. The number of esters is 1. The van der Waals surface area contributed by atoms with Crippen LogP contribution in [0.15, 0.2) is 40.9 Å².